The average Bonchev–Trinajstić information content (AvgIpc) is 2.93. The second-order valence-corrected chi connectivity index (χ2v) is 10.1. The van der Waals surface area contributed by atoms with Crippen molar-refractivity contribution in [1.82, 2.24) is 9.73 Å². The van der Waals surface area contributed by atoms with Gasteiger partial charge in [0.25, 0.3) is 5.91 Å². The summed E-state index contributed by atoms with van der Waals surface area (Å²) in [5, 5.41) is 4.01. The minimum atomic E-state index is -3.87. The molecule has 0 aliphatic heterocycles. The highest BCUT2D eigenvalue weighted by Crippen LogP contribution is 2.21. The van der Waals surface area contributed by atoms with Gasteiger partial charge in [0.1, 0.15) is 11.5 Å². The Kier molecular flexibility index (Phi) is 8.80. The molecule has 0 fully saturated rings. The number of hydrogen-bond donors (Lipinski definition) is 1. The number of amides is 1. The number of nitrogens with zero attached hydrogens (tertiary/aromatic N) is 2. The van der Waals surface area contributed by atoms with Gasteiger partial charge in [-0.05, 0) is 53.9 Å². The Hall–Kier alpha value is -4.27. The van der Waals surface area contributed by atoms with Crippen LogP contribution in [0, 0.1) is 0 Å². The summed E-state index contributed by atoms with van der Waals surface area (Å²) >= 11 is 0. The molecule has 1 amide bonds. The number of sulfonamides is 1. The molecule has 0 saturated carbocycles. The monoisotopic (exact) mass is 513 g/mol. The Bertz CT molecular complexity index is 1430. The van der Waals surface area contributed by atoms with E-state index >= 15 is 0 Å². The van der Waals surface area contributed by atoms with Crippen LogP contribution in [0.15, 0.2) is 125 Å². The first-order valence-corrected chi connectivity index (χ1v) is 13.2. The van der Waals surface area contributed by atoms with Crippen LogP contribution in [0.5, 0.6) is 11.5 Å². The zero-order valence-electron chi connectivity index (χ0n) is 20.1. The molecule has 0 spiro atoms. The van der Waals surface area contributed by atoms with Gasteiger partial charge in [0.15, 0.2) is 0 Å². The van der Waals surface area contributed by atoms with Crippen molar-refractivity contribution in [1.29, 1.82) is 0 Å². The summed E-state index contributed by atoms with van der Waals surface area (Å²) in [5.74, 6) is 0.795. The summed E-state index contributed by atoms with van der Waals surface area (Å²) in [7, 11) is -3.87. The third-order valence-corrected chi connectivity index (χ3v) is 7.29. The van der Waals surface area contributed by atoms with Crippen molar-refractivity contribution in [2.45, 2.75) is 11.3 Å². The van der Waals surface area contributed by atoms with E-state index in [9.17, 15) is 13.2 Å². The van der Waals surface area contributed by atoms with E-state index < -0.39 is 15.9 Å². The van der Waals surface area contributed by atoms with Gasteiger partial charge in [0.05, 0.1) is 17.7 Å². The number of carbonyl (C=O) groups is 1. The van der Waals surface area contributed by atoms with Crippen molar-refractivity contribution >= 4 is 22.1 Å². The maximum absolute atomic E-state index is 13.3. The Morgan fingerprint density at radius 2 is 1.43 bits per heavy atom. The summed E-state index contributed by atoms with van der Waals surface area (Å²) < 4.78 is 33.5. The van der Waals surface area contributed by atoms with E-state index in [2.05, 4.69) is 10.5 Å². The van der Waals surface area contributed by atoms with Crippen LogP contribution in [-0.4, -0.2) is 37.9 Å². The molecule has 4 rings (SSSR count). The van der Waals surface area contributed by atoms with Crippen LogP contribution in [0.1, 0.15) is 11.1 Å². The lowest BCUT2D eigenvalue weighted by Gasteiger charge is -2.21. The SMILES string of the molecule is O=C(CN(CCc1ccccc1)S(=O)(=O)c1ccccc1)N/N=C\c1cccc(Oc2ccccc2)c1. The number of ether oxygens (including phenoxy) is 1. The van der Waals surface area contributed by atoms with Gasteiger partial charge in [-0.2, -0.15) is 9.41 Å². The van der Waals surface area contributed by atoms with Gasteiger partial charge in [0, 0.05) is 6.54 Å². The summed E-state index contributed by atoms with van der Waals surface area (Å²) in [5.41, 5.74) is 4.13. The van der Waals surface area contributed by atoms with Crippen molar-refractivity contribution < 1.29 is 17.9 Å². The van der Waals surface area contributed by atoms with Crippen molar-refractivity contribution in [3.05, 3.63) is 126 Å². The molecule has 0 heterocycles. The topological polar surface area (TPSA) is 88.1 Å². The highest BCUT2D eigenvalue weighted by atomic mass is 32.2. The molecule has 0 aromatic heterocycles. The smallest absolute Gasteiger partial charge is 0.255 e. The van der Waals surface area contributed by atoms with E-state index in [1.807, 2.05) is 78.9 Å². The van der Waals surface area contributed by atoms with Crippen molar-refractivity contribution in [2.75, 3.05) is 13.1 Å². The molecule has 188 valence electrons. The lowest BCUT2D eigenvalue weighted by atomic mass is 10.1. The number of hydrazone groups is 1. The number of rotatable bonds is 11. The molecule has 0 unspecified atom stereocenters. The number of hydrogen-bond acceptors (Lipinski definition) is 5. The van der Waals surface area contributed by atoms with Crippen molar-refractivity contribution in [2.24, 2.45) is 5.10 Å². The van der Waals surface area contributed by atoms with E-state index in [0.29, 0.717) is 23.5 Å². The van der Waals surface area contributed by atoms with Crippen LogP contribution in [0.2, 0.25) is 0 Å². The number of para-hydroxylation sites is 1. The molecule has 7 nitrogen and oxygen atoms in total. The van der Waals surface area contributed by atoms with Crippen LogP contribution in [0.4, 0.5) is 0 Å². The molecule has 0 aliphatic carbocycles. The minimum Gasteiger partial charge on any atom is -0.457 e. The molecule has 0 saturated heterocycles. The van der Waals surface area contributed by atoms with E-state index in [-0.39, 0.29) is 18.0 Å². The number of benzene rings is 4. The first-order chi connectivity index (χ1) is 18.0. The summed E-state index contributed by atoms with van der Waals surface area (Å²) in [6, 6.07) is 34.3. The molecular formula is C29H27N3O4S. The molecule has 0 radical (unpaired) electrons. The summed E-state index contributed by atoms with van der Waals surface area (Å²) in [4.78, 5) is 12.8. The van der Waals surface area contributed by atoms with Crippen LogP contribution in [0.25, 0.3) is 0 Å². The van der Waals surface area contributed by atoms with Crippen molar-refractivity contribution in [3.8, 4) is 11.5 Å². The van der Waals surface area contributed by atoms with Gasteiger partial charge in [-0.3, -0.25) is 4.79 Å². The van der Waals surface area contributed by atoms with Crippen LogP contribution < -0.4 is 10.2 Å². The Labute approximate surface area is 217 Å². The van der Waals surface area contributed by atoms with E-state index in [1.165, 1.54) is 22.7 Å². The molecule has 1 N–H and O–H groups in total. The zero-order valence-corrected chi connectivity index (χ0v) is 20.9. The van der Waals surface area contributed by atoms with Gasteiger partial charge in [-0.15, -0.1) is 0 Å². The predicted octanol–water partition coefficient (Wildman–Crippen LogP) is 4.86. The average molecular weight is 514 g/mol. The molecule has 37 heavy (non-hydrogen) atoms. The maximum Gasteiger partial charge on any atom is 0.255 e. The molecule has 8 heteroatoms. The standard InChI is InChI=1S/C29H27N3O4S/c33-29(31-30-22-25-13-10-16-27(21-25)36-26-14-6-2-7-15-26)23-32(20-19-24-11-4-1-5-12-24)37(34,35)28-17-8-3-9-18-28/h1-18,21-22H,19-20,23H2,(H,31,33)/b30-22-. The minimum absolute atomic E-state index is 0.134. The summed E-state index contributed by atoms with van der Waals surface area (Å²) in [6.45, 7) is -0.212. The predicted molar refractivity (Wildman–Crippen MR) is 144 cm³/mol. The number of carbonyl (C=O) groups excluding carboxylic acids is 1. The van der Waals surface area contributed by atoms with Gasteiger partial charge < -0.3 is 4.74 Å². The highest BCUT2D eigenvalue weighted by Gasteiger charge is 2.26. The Morgan fingerprint density at radius 1 is 0.811 bits per heavy atom. The second-order valence-electron chi connectivity index (χ2n) is 8.17. The van der Waals surface area contributed by atoms with Gasteiger partial charge in [-0.1, -0.05) is 78.9 Å². The van der Waals surface area contributed by atoms with Crippen molar-refractivity contribution in [3.63, 3.8) is 0 Å². The normalized spacial score (nSPS) is 11.5. The molecule has 0 aliphatic rings. The lowest BCUT2D eigenvalue weighted by molar-refractivity contribution is -0.121. The highest BCUT2D eigenvalue weighted by molar-refractivity contribution is 7.89. The number of nitrogens with one attached hydrogen (secondary N) is 1. The lowest BCUT2D eigenvalue weighted by Crippen LogP contribution is -2.40. The molecule has 4 aromatic carbocycles. The Morgan fingerprint density at radius 3 is 2.14 bits per heavy atom. The first-order valence-electron chi connectivity index (χ1n) is 11.7. The Balaban J connectivity index is 1.41. The molecule has 0 atom stereocenters. The van der Waals surface area contributed by atoms with Gasteiger partial charge in [-0.25, -0.2) is 13.8 Å². The third kappa shape index (κ3) is 7.60. The largest absolute Gasteiger partial charge is 0.457 e. The third-order valence-electron chi connectivity index (χ3n) is 5.43. The van der Waals surface area contributed by atoms with Crippen LogP contribution in [-0.2, 0) is 21.2 Å². The molecule has 4 aromatic rings. The fourth-order valence-corrected chi connectivity index (χ4v) is 5.00. The van der Waals surface area contributed by atoms with Gasteiger partial charge in [0.2, 0.25) is 10.0 Å². The summed E-state index contributed by atoms with van der Waals surface area (Å²) in [6.07, 6.45) is 1.95. The fraction of sp³-hybridized carbons (Fsp3) is 0.103. The maximum atomic E-state index is 13.3. The van der Waals surface area contributed by atoms with E-state index in [4.69, 9.17) is 4.74 Å². The molecule has 0 bridgehead atoms. The van der Waals surface area contributed by atoms with Crippen LogP contribution >= 0.6 is 0 Å². The first kappa shape index (κ1) is 25.8. The quantitative estimate of drug-likeness (QED) is 0.229. The van der Waals surface area contributed by atoms with Crippen LogP contribution in [0.3, 0.4) is 0 Å². The van der Waals surface area contributed by atoms with E-state index in [1.54, 1.807) is 24.3 Å². The second kappa shape index (κ2) is 12.6. The fourth-order valence-electron chi connectivity index (χ4n) is 3.58. The van der Waals surface area contributed by atoms with Gasteiger partial charge >= 0.3 is 0 Å². The molecular weight excluding hydrogens is 486 g/mol. The zero-order chi connectivity index (χ0) is 25.9. The van der Waals surface area contributed by atoms with E-state index in [0.717, 1.165) is 5.56 Å².